The Balaban J connectivity index is 3.44. The van der Waals surface area contributed by atoms with Crippen LogP contribution in [0.3, 0.4) is 0 Å². The minimum Gasteiger partial charge on any atom is -0.466 e. The van der Waals surface area contributed by atoms with Gasteiger partial charge in [0.05, 0.1) is 19.8 Å². The Morgan fingerprint density at radius 3 is 1.86 bits per heavy atom. The van der Waals surface area contributed by atoms with Crippen molar-refractivity contribution in [3.05, 3.63) is 12.2 Å². The van der Waals surface area contributed by atoms with E-state index < -0.39 is 20.9 Å². The first kappa shape index (κ1) is 35.0. The molecule has 11 nitrogen and oxygen atoms in total. The average Bonchev–Trinajstić information content (AvgIpc) is 2.89. The molecular formula is C25H47NO10Si. The van der Waals surface area contributed by atoms with E-state index in [1.807, 2.05) is 0 Å². The number of ether oxygens (including phenoxy) is 4. The second-order valence-electron chi connectivity index (χ2n) is 8.44. The van der Waals surface area contributed by atoms with Crippen molar-refractivity contribution in [2.75, 3.05) is 60.9 Å². The Bertz CT molecular complexity index is 635. The van der Waals surface area contributed by atoms with Gasteiger partial charge in [-0.25, -0.2) is 9.59 Å². The molecular weight excluding hydrogens is 502 g/mol. The lowest BCUT2D eigenvalue weighted by molar-refractivity contribution is -0.144. The lowest BCUT2D eigenvalue weighted by Crippen LogP contribution is -2.42. The standard InChI is InChI=1S/C25H47NO10Si/c1-22(2)24(28)35-19-17-33-18-20-36-25(29)26-15-12-10-8-6-7-9-11-14-23(27)34-16-13-21-37(30-3,31-4)32-5/h1,6-21H2,2-5H3,(H,26,29). The molecule has 0 atom stereocenters. The quantitative estimate of drug-likeness (QED) is 0.0624. The molecule has 0 unspecified atom stereocenters. The van der Waals surface area contributed by atoms with Crippen molar-refractivity contribution >= 4 is 26.8 Å². The summed E-state index contributed by atoms with van der Waals surface area (Å²) in [6.45, 7) is 6.68. The highest BCUT2D eigenvalue weighted by molar-refractivity contribution is 6.60. The van der Waals surface area contributed by atoms with Crippen molar-refractivity contribution < 1.29 is 46.6 Å². The van der Waals surface area contributed by atoms with E-state index in [2.05, 4.69) is 11.9 Å². The van der Waals surface area contributed by atoms with Crippen LogP contribution in [-0.4, -0.2) is 87.7 Å². The third-order valence-corrected chi connectivity index (χ3v) is 8.25. The van der Waals surface area contributed by atoms with Gasteiger partial charge in [-0.2, -0.15) is 0 Å². The number of esters is 2. The van der Waals surface area contributed by atoms with E-state index in [-0.39, 0.29) is 32.4 Å². The zero-order valence-electron chi connectivity index (χ0n) is 23.1. The predicted octanol–water partition coefficient (Wildman–Crippen LogP) is 3.78. The molecule has 0 bridgehead atoms. The first-order chi connectivity index (χ1) is 17.8. The number of unbranched alkanes of at least 4 members (excludes halogenated alkanes) is 6. The molecule has 0 heterocycles. The Hall–Kier alpha value is -1.99. The van der Waals surface area contributed by atoms with Crippen molar-refractivity contribution in [3.63, 3.8) is 0 Å². The Morgan fingerprint density at radius 2 is 1.27 bits per heavy atom. The van der Waals surface area contributed by atoms with Crippen LogP contribution in [0.4, 0.5) is 4.79 Å². The van der Waals surface area contributed by atoms with Crippen LogP contribution in [-0.2, 0) is 41.8 Å². The van der Waals surface area contributed by atoms with E-state index in [0.29, 0.717) is 37.6 Å². The number of carbonyl (C=O) groups excluding carboxylic acids is 3. The van der Waals surface area contributed by atoms with Crippen molar-refractivity contribution in [2.24, 2.45) is 0 Å². The number of hydrogen-bond donors (Lipinski definition) is 1. The number of hydrogen-bond acceptors (Lipinski definition) is 10. The molecule has 0 aliphatic heterocycles. The summed E-state index contributed by atoms with van der Waals surface area (Å²) >= 11 is 0. The number of carbonyl (C=O) groups is 3. The maximum atomic E-state index is 11.8. The third-order valence-electron chi connectivity index (χ3n) is 5.42. The summed E-state index contributed by atoms with van der Waals surface area (Å²) in [5.41, 5.74) is 0.337. The largest absolute Gasteiger partial charge is 0.500 e. The van der Waals surface area contributed by atoms with E-state index in [4.69, 9.17) is 32.2 Å². The molecule has 1 N–H and O–H groups in total. The summed E-state index contributed by atoms with van der Waals surface area (Å²) in [5.74, 6) is -0.626. The molecule has 0 aliphatic rings. The Kier molecular flexibility index (Phi) is 21.9. The molecule has 0 radical (unpaired) electrons. The molecule has 0 aromatic rings. The van der Waals surface area contributed by atoms with E-state index in [1.54, 1.807) is 28.3 Å². The molecule has 1 amide bonds. The Morgan fingerprint density at radius 1 is 0.703 bits per heavy atom. The summed E-state index contributed by atoms with van der Waals surface area (Å²) in [4.78, 5) is 34.6. The molecule has 0 spiro atoms. The van der Waals surface area contributed by atoms with Gasteiger partial charge in [0.15, 0.2) is 0 Å². The zero-order valence-corrected chi connectivity index (χ0v) is 24.1. The third kappa shape index (κ3) is 19.7. The molecule has 37 heavy (non-hydrogen) atoms. The summed E-state index contributed by atoms with van der Waals surface area (Å²) in [5, 5.41) is 2.71. The number of amides is 1. The molecule has 0 saturated carbocycles. The summed E-state index contributed by atoms with van der Waals surface area (Å²) < 4.78 is 36.4. The summed E-state index contributed by atoms with van der Waals surface area (Å²) in [6, 6.07) is 0.604. The van der Waals surface area contributed by atoms with E-state index in [9.17, 15) is 14.4 Å². The Labute approximate surface area is 222 Å². The molecule has 216 valence electrons. The zero-order chi connectivity index (χ0) is 27.8. The van der Waals surface area contributed by atoms with Crippen LogP contribution in [0.2, 0.25) is 6.04 Å². The maximum Gasteiger partial charge on any atom is 0.500 e. The second-order valence-corrected chi connectivity index (χ2v) is 11.5. The number of rotatable bonds is 24. The fraction of sp³-hybridized carbons (Fsp3) is 0.800. The second kappa shape index (κ2) is 23.1. The van der Waals surface area contributed by atoms with E-state index >= 15 is 0 Å². The molecule has 12 heteroatoms. The first-order valence-electron chi connectivity index (χ1n) is 12.9. The van der Waals surface area contributed by atoms with Gasteiger partial charge in [-0.05, 0) is 26.2 Å². The minimum absolute atomic E-state index is 0.130. The monoisotopic (exact) mass is 549 g/mol. The average molecular weight is 550 g/mol. The van der Waals surface area contributed by atoms with Crippen LogP contribution < -0.4 is 5.32 Å². The first-order valence-corrected chi connectivity index (χ1v) is 14.9. The predicted molar refractivity (Wildman–Crippen MR) is 140 cm³/mol. The van der Waals surface area contributed by atoms with Crippen molar-refractivity contribution in [2.45, 2.75) is 70.8 Å². The smallest absolute Gasteiger partial charge is 0.466 e. The van der Waals surface area contributed by atoms with Crippen LogP contribution in [0.15, 0.2) is 12.2 Å². The minimum atomic E-state index is -2.60. The fourth-order valence-electron chi connectivity index (χ4n) is 3.23. The van der Waals surface area contributed by atoms with Gasteiger partial charge in [-0.1, -0.05) is 38.7 Å². The molecule has 0 saturated heterocycles. The van der Waals surface area contributed by atoms with Crippen LogP contribution >= 0.6 is 0 Å². The molecule has 0 fully saturated rings. The van der Waals surface area contributed by atoms with Gasteiger partial charge in [-0.3, -0.25) is 4.79 Å². The van der Waals surface area contributed by atoms with Crippen molar-refractivity contribution in [3.8, 4) is 0 Å². The number of nitrogens with one attached hydrogen (secondary N) is 1. The van der Waals surface area contributed by atoms with Gasteiger partial charge in [0.25, 0.3) is 0 Å². The van der Waals surface area contributed by atoms with Gasteiger partial charge in [-0.15, -0.1) is 0 Å². The van der Waals surface area contributed by atoms with Crippen LogP contribution in [0.25, 0.3) is 0 Å². The molecule has 0 aliphatic carbocycles. The van der Waals surface area contributed by atoms with Crippen LogP contribution in [0.5, 0.6) is 0 Å². The van der Waals surface area contributed by atoms with E-state index in [1.165, 1.54) is 0 Å². The van der Waals surface area contributed by atoms with Crippen molar-refractivity contribution in [1.29, 1.82) is 0 Å². The summed E-state index contributed by atoms with van der Waals surface area (Å²) in [6.07, 6.45) is 7.56. The van der Waals surface area contributed by atoms with Gasteiger partial charge >= 0.3 is 26.8 Å². The lowest BCUT2D eigenvalue weighted by atomic mass is 10.1. The molecule has 0 rings (SSSR count). The highest BCUT2D eigenvalue weighted by Crippen LogP contribution is 2.15. The van der Waals surface area contributed by atoms with Gasteiger partial charge in [0.2, 0.25) is 0 Å². The SMILES string of the molecule is C=C(C)C(=O)OCCOCCOC(=O)NCCCCCCCCCC(=O)OCCC[Si](OC)(OC)OC. The molecule has 0 aromatic carbocycles. The summed E-state index contributed by atoms with van der Waals surface area (Å²) in [7, 11) is 2.10. The van der Waals surface area contributed by atoms with Gasteiger partial charge in [0, 0.05) is 45.9 Å². The normalized spacial score (nSPS) is 11.1. The highest BCUT2D eigenvalue weighted by atomic mass is 28.4. The number of alkyl carbamates (subject to hydrolysis) is 1. The lowest BCUT2D eigenvalue weighted by Gasteiger charge is -2.24. The van der Waals surface area contributed by atoms with Crippen molar-refractivity contribution in [1.82, 2.24) is 5.32 Å². The van der Waals surface area contributed by atoms with Crippen LogP contribution in [0, 0.1) is 0 Å². The highest BCUT2D eigenvalue weighted by Gasteiger charge is 2.36. The van der Waals surface area contributed by atoms with Gasteiger partial charge < -0.3 is 37.5 Å². The molecule has 0 aromatic heterocycles. The van der Waals surface area contributed by atoms with Crippen LogP contribution in [0.1, 0.15) is 64.7 Å². The van der Waals surface area contributed by atoms with Gasteiger partial charge in [0.1, 0.15) is 13.2 Å². The fourth-order valence-corrected chi connectivity index (χ4v) is 4.92. The van der Waals surface area contributed by atoms with E-state index in [0.717, 1.165) is 44.9 Å². The maximum absolute atomic E-state index is 11.8. The topological polar surface area (TPSA) is 128 Å².